The number of nitrogens with one attached hydrogen (secondary N) is 1. The molecule has 1 aromatic rings. The van der Waals surface area contributed by atoms with Crippen LogP contribution in [0.1, 0.15) is 6.42 Å². The van der Waals surface area contributed by atoms with Crippen LogP contribution in [0.15, 0.2) is 58.9 Å². The van der Waals surface area contributed by atoms with E-state index >= 15 is 0 Å². The van der Waals surface area contributed by atoms with Crippen LogP contribution >= 0.6 is 11.8 Å². The molecule has 5 nitrogen and oxygen atoms in total. The molecule has 19 heavy (non-hydrogen) atoms. The number of nitro groups is 1. The first-order valence-electron chi connectivity index (χ1n) is 5.82. The van der Waals surface area contributed by atoms with Gasteiger partial charge in [-0.1, -0.05) is 30.0 Å². The minimum Gasteiger partial charge on any atom is -0.367 e. The summed E-state index contributed by atoms with van der Waals surface area (Å²) in [6.45, 7) is 0. The van der Waals surface area contributed by atoms with E-state index in [0.29, 0.717) is 6.42 Å². The van der Waals surface area contributed by atoms with Crippen LogP contribution < -0.4 is 5.32 Å². The van der Waals surface area contributed by atoms with Crippen LogP contribution in [0.25, 0.3) is 0 Å². The molecule has 0 bridgehead atoms. The van der Waals surface area contributed by atoms with Gasteiger partial charge in [0.05, 0.1) is 28.6 Å². The van der Waals surface area contributed by atoms with Crippen LogP contribution in [0.2, 0.25) is 0 Å². The monoisotopic (exact) mass is 273 g/mol. The summed E-state index contributed by atoms with van der Waals surface area (Å²) in [6, 6.07) is 1.95. The Balaban J connectivity index is 1.82. The Morgan fingerprint density at radius 1 is 1.42 bits per heavy atom. The van der Waals surface area contributed by atoms with Crippen molar-refractivity contribution in [1.29, 1.82) is 0 Å². The molecular weight excluding hydrogens is 262 g/mol. The summed E-state index contributed by atoms with van der Waals surface area (Å²) in [5, 5.41) is 14.3. The maximum absolute atomic E-state index is 10.9. The number of pyridine rings is 1. The minimum atomic E-state index is -0.322. The van der Waals surface area contributed by atoms with E-state index in [0.717, 1.165) is 16.2 Å². The van der Waals surface area contributed by atoms with E-state index < -0.39 is 0 Å². The van der Waals surface area contributed by atoms with Crippen LogP contribution in [0.4, 0.5) is 5.69 Å². The van der Waals surface area contributed by atoms with Gasteiger partial charge in [0.15, 0.2) is 0 Å². The predicted molar refractivity (Wildman–Crippen MR) is 74.4 cm³/mol. The number of allylic oxidation sites excluding steroid dienone is 5. The Hall–Kier alpha value is -2.08. The summed E-state index contributed by atoms with van der Waals surface area (Å²) >= 11 is 1.66. The molecule has 6 heteroatoms. The van der Waals surface area contributed by atoms with E-state index in [1.165, 1.54) is 0 Å². The zero-order valence-electron chi connectivity index (χ0n) is 9.95. The van der Waals surface area contributed by atoms with Gasteiger partial charge in [-0.25, -0.2) is 0 Å². The Morgan fingerprint density at radius 2 is 2.26 bits per heavy atom. The summed E-state index contributed by atoms with van der Waals surface area (Å²) < 4.78 is 0. The zero-order valence-corrected chi connectivity index (χ0v) is 10.8. The Labute approximate surface area is 114 Å². The molecule has 1 aliphatic carbocycles. The third-order valence-electron chi connectivity index (χ3n) is 2.98. The van der Waals surface area contributed by atoms with E-state index in [1.807, 2.05) is 18.2 Å². The molecule has 1 aromatic heterocycles. The molecule has 2 heterocycles. The molecule has 0 radical (unpaired) electrons. The van der Waals surface area contributed by atoms with E-state index in [4.69, 9.17) is 0 Å². The quantitative estimate of drug-likeness (QED) is 0.662. The average molecular weight is 273 g/mol. The fourth-order valence-corrected chi connectivity index (χ4v) is 3.17. The fraction of sp³-hybridized carbons (Fsp3) is 0.154. The second-order valence-electron chi connectivity index (χ2n) is 4.23. The third-order valence-corrected chi connectivity index (χ3v) is 4.25. The lowest BCUT2D eigenvalue weighted by molar-refractivity contribution is -0.426. The SMILES string of the molecule is O=[N+]([O-])C1=CC=CC=C(C2Nc3cnccc3S2)C1. The number of hydrogen-bond acceptors (Lipinski definition) is 5. The molecule has 0 aromatic carbocycles. The van der Waals surface area contributed by atoms with Gasteiger partial charge in [0.2, 0.25) is 5.70 Å². The summed E-state index contributed by atoms with van der Waals surface area (Å²) in [6.07, 6.45) is 10.9. The summed E-state index contributed by atoms with van der Waals surface area (Å²) in [7, 11) is 0. The number of aromatic nitrogens is 1. The molecule has 0 amide bonds. The van der Waals surface area contributed by atoms with Gasteiger partial charge in [-0.3, -0.25) is 15.1 Å². The largest absolute Gasteiger partial charge is 0.367 e. The Bertz CT molecular complexity index is 597. The Morgan fingerprint density at radius 3 is 3.05 bits per heavy atom. The van der Waals surface area contributed by atoms with Crippen LogP contribution in [0.5, 0.6) is 0 Å². The maximum Gasteiger partial charge on any atom is 0.250 e. The number of rotatable bonds is 2. The van der Waals surface area contributed by atoms with Crippen LogP contribution in [-0.2, 0) is 0 Å². The molecule has 0 spiro atoms. The van der Waals surface area contributed by atoms with Crippen LogP contribution in [0, 0.1) is 10.1 Å². The first kappa shape index (κ1) is 12.0. The second kappa shape index (κ2) is 4.89. The normalized spacial score (nSPS) is 20.9. The topological polar surface area (TPSA) is 68.1 Å². The summed E-state index contributed by atoms with van der Waals surface area (Å²) in [4.78, 5) is 15.8. The smallest absolute Gasteiger partial charge is 0.250 e. The van der Waals surface area contributed by atoms with E-state index in [1.54, 1.807) is 36.3 Å². The number of anilines is 1. The third kappa shape index (κ3) is 2.39. The Kier molecular flexibility index (Phi) is 3.08. The van der Waals surface area contributed by atoms with Crippen LogP contribution in [0.3, 0.4) is 0 Å². The molecule has 1 aliphatic heterocycles. The highest BCUT2D eigenvalue weighted by Gasteiger charge is 2.27. The van der Waals surface area contributed by atoms with Gasteiger partial charge in [0.25, 0.3) is 0 Å². The summed E-state index contributed by atoms with van der Waals surface area (Å²) in [5.41, 5.74) is 2.20. The number of hydrogen-bond donors (Lipinski definition) is 1. The van der Waals surface area contributed by atoms with E-state index in [2.05, 4.69) is 10.3 Å². The lowest BCUT2D eigenvalue weighted by atomic mass is 10.1. The van der Waals surface area contributed by atoms with Gasteiger partial charge in [-0.15, -0.1) is 0 Å². The van der Waals surface area contributed by atoms with Crippen molar-refractivity contribution >= 4 is 17.4 Å². The van der Waals surface area contributed by atoms with Crippen LogP contribution in [-0.4, -0.2) is 15.3 Å². The van der Waals surface area contributed by atoms with Gasteiger partial charge < -0.3 is 5.32 Å². The number of fused-ring (bicyclic) bond motifs is 1. The van der Waals surface area contributed by atoms with Crippen molar-refractivity contribution in [2.45, 2.75) is 16.7 Å². The maximum atomic E-state index is 10.9. The highest BCUT2D eigenvalue weighted by molar-refractivity contribution is 8.00. The molecule has 0 fully saturated rings. The van der Waals surface area contributed by atoms with E-state index in [9.17, 15) is 10.1 Å². The van der Waals surface area contributed by atoms with Gasteiger partial charge >= 0.3 is 0 Å². The number of thioether (sulfide) groups is 1. The molecule has 1 unspecified atom stereocenters. The van der Waals surface area contributed by atoms with Gasteiger partial charge in [0, 0.05) is 17.2 Å². The first-order chi connectivity index (χ1) is 9.24. The predicted octanol–water partition coefficient (Wildman–Crippen LogP) is 2.97. The molecule has 1 atom stereocenters. The van der Waals surface area contributed by atoms with Crippen molar-refractivity contribution in [1.82, 2.24) is 4.98 Å². The number of nitrogens with zero attached hydrogens (tertiary/aromatic N) is 2. The summed E-state index contributed by atoms with van der Waals surface area (Å²) in [5.74, 6) is 0. The van der Waals surface area contributed by atoms with Gasteiger partial charge in [0.1, 0.15) is 0 Å². The molecule has 0 saturated carbocycles. The first-order valence-corrected chi connectivity index (χ1v) is 6.70. The minimum absolute atomic E-state index is 0.0327. The highest BCUT2D eigenvalue weighted by Crippen LogP contribution is 2.41. The molecule has 96 valence electrons. The lowest BCUT2D eigenvalue weighted by Gasteiger charge is -2.13. The molecule has 3 rings (SSSR count). The molecule has 0 saturated heterocycles. The fourth-order valence-electron chi connectivity index (χ4n) is 2.04. The molecular formula is C13H11N3O2S. The standard InChI is InChI=1S/C13H11N3O2S/c17-16(18)10-4-2-1-3-9(7-10)13-15-11-8-14-6-5-12(11)19-13/h1-6,8,13,15H,7H2. The van der Waals surface area contributed by atoms with Crippen molar-refractivity contribution in [2.24, 2.45) is 0 Å². The van der Waals surface area contributed by atoms with Crippen molar-refractivity contribution < 1.29 is 4.92 Å². The molecule has 2 aliphatic rings. The lowest BCUT2D eigenvalue weighted by Crippen LogP contribution is -2.15. The second-order valence-corrected chi connectivity index (χ2v) is 5.38. The van der Waals surface area contributed by atoms with Crippen molar-refractivity contribution in [3.63, 3.8) is 0 Å². The average Bonchev–Trinajstić information content (AvgIpc) is 2.67. The zero-order chi connectivity index (χ0) is 13.2. The van der Waals surface area contributed by atoms with Crippen molar-refractivity contribution in [3.05, 3.63) is 64.1 Å². The highest BCUT2D eigenvalue weighted by atomic mass is 32.2. The van der Waals surface area contributed by atoms with Gasteiger partial charge in [-0.2, -0.15) is 0 Å². The van der Waals surface area contributed by atoms with Crippen molar-refractivity contribution in [3.8, 4) is 0 Å². The van der Waals surface area contributed by atoms with Crippen molar-refractivity contribution in [2.75, 3.05) is 5.32 Å². The van der Waals surface area contributed by atoms with Gasteiger partial charge in [-0.05, 0) is 11.6 Å². The molecule has 1 N–H and O–H groups in total. The van der Waals surface area contributed by atoms with E-state index in [-0.39, 0.29) is 16.0 Å².